The Bertz CT molecular complexity index is 468. The van der Waals surface area contributed by atoms with Crippen LogP contribution in [0.1, 0.15) is 13.3 Å². The molecule has 0 bridgehead atoms. The minimum atomic E-state index is -0.248. The van der Waals surface area contributed by atoms with E-state index in [0.717, 1.165) is 24.2 Å². The van der Waals surface area contributed by atoms with Crippen molar-refractivity contribution in [2.24, 2.45) is 0 Å². The van der Waals surface area contributed by atoms with E-state index in [4.69, 9.17) is 0 Å². The van der Waals surface area contributed by atoms with E-state index in [1.165, 1.54) is 12.1 Å². The third kappa shape index (κ3) is 2.24. The van der Waals surface area contributed by atoms with Crippen molar-refractivity contribution in [3.63, 3.8) is 0 Å². The number of fused-ring (bicyclic) bond motifs is 1. The second-order valence-corrected chi connectivity index (χ2v) is 3.46. The van der Waals surface area contributed by atoms with Crippen molar-refractivity contribution in [2.45, 2.75) is 13.3 Å². The van der Waals surface area contributed by atoms with E-state index < -0.39 is 0 Å². The third-order valence-corrected chi connectivity index (χ3v) is 2.21. The summed E-state index contributed by atoms with van der Waals surface area (Å²) in [5.41, 5.74) is 0.691. The number of aromatic nitrogens is 1. The molecule has 0 saturated carbocycles. The minimum Gasteiger partial charge on any atom is -0.370 e. The van der Waals surface area contributed by atoms with Gasteiger partial charge in [-0.25, -0.2) is 9.37 Å². The molecule has 0 aliphatic heterocycles. The molecule has 0 fully saturated rings. The van der Waals surface area contributed by atoms with Gasteiger partial charge in [0.25, 0.3) is 0 Å². The standard InChI is InChI=1S/C12H13FN2/c1-2-7-14-12-6-4-9-3-5-10(13)8-11(9)15-12/h3-6,8H,2,7H2,1H3,(H,14,15). The van der Waals surface area contributed by atoms with Gasteiger partial charge in [0, 0.05) is 18.0 Å². The van der Waals surface area contributed by atoms with Gasteiger partial charge in [-0.1, -0.05) is 6.92 Å². The van der Waals surface area contributed by atoms with Gasteiger partial charge in [0.05, 0.1) is 5.52 Å². The Balaban J connectivity index is 2.36. The summed E-state index contributed by atoms with van der Waals surface area (Å²) in [5, 5.41) is 4.13. The normalized spacial score (nSPS) is 10.5. The average molecular weight is 204 g/mol. The molecule has 1 N–H and O–H groups in total. The maximum Gasteiger partial charge on any atom is 0.126 e. The summed E-state index contributed by atoms with van der Waals surface area (Å²) in [4.78, 5) is 4.32. The molecule has 2 nitrogen and oxygen atoms in total. The van der Waals surface area contributed by atoms with Crippen LogP contribution in [0.3, 0.4) is 0 Å². The molecule has 0 amide bonds. The fourth-order valence-corrected chi connectivity index (χ4v) is 1.44. The highest BCUT2D eigenvalue weighted by molar-refractivity contribution is 5.80. The zero-order chi connectivity index (χ0) is 10.7. The lowest BCUT2D eigenvalue weighted by Gasteiger charge is -2.04. The highest BCUT2D eigenvalue weighted by Crippen LogP contribution is 2.16. The van der Waals surface area contributed by atoms with E-state index in [0.29, 0.717) is 5.52 Å². The van der Waals surface area contributed by atoms with Gasteiger partial charge in [-0.05, 0) is 30.7 Å². The van der Waals surface area contributed by atoms with E-state index in [1.807, 2.05) is 12.1 Å². The van der Waals surface area contributed by atoms with Crippen molar-refractivity contribution in [1.29, 1.82) is 0 Å². The quantitative estimate of drug-likeness (QED) is 0.830. The fourth-order valence-electron chi connectivity index (χ4n) is 1.44. The van der Waals surface area contributed by atoms with Crippen LogP contribution in [0.15, 0.2) is 30.3 Å². The van der Waals surface area contributed by atoms with E-state index in [1.54, 1.807) is 6.07 Å². The maximum absolute atomic E-state index is 13.0. The van der Waals surface area contributed by atoms with E-state index in [-0.39, 0.29) is 5.82 Å². The van der Waals surface area contributed by atoms with Crippen LogP contribution in [0.5, 0.6) is 0 Å². The summed E-state index contributed by atoms with van der Waals surface area (Å²) in [6.07, 6.45) is 1.04. The van der Waals surface area contributed by atoms with E-state index in [2.05, 4.69) is 17.2 Å². The zero-order valence-corrected chi connectivity index (χ0v) is 8.63. The maximum atomic E-state index is 13.0. The molecule has 1 aromatic carbocycles. The highest BCUT2D eigenvalue weighted by Gasteiger charge is 1.98. The van der Waals surface area contributed by atoms with Gasteiger partial charge < -0.3 is 5.32 Å². The smallest absolute Gasteiger partial charge is 0.126 e. The van der Waals surface area contributed by atoms with E-state index in [9.17, 15) is 4.39 Å². The molecule has 0 aliphatic rings. The van der Waals surface area contributed by atoms with Crippen LogP contribution < -0.4 is 5.32 Å². The number of rotatable bonds is 3. The molecule has 0 aliphatic carbocycles. The molecule has 0 radical (unpaired) electrons. The lowest BCUT2D eigenvalue weighted by Crippen LogP contribution is -2.01. The van der Waals surface area contributed by atoms with Crippen LogP contribution in [0, 0.1) is 5.82 Å². The lowest BCUT2D eigenvalue weighted by atomic mass is 10.2. The average Bonchev–Trinajstić information content (AvgIpc) is 2.25. The number of anilines is 1. The van der Waals surface area contributed by atoms with Gasteiger partial charge in [0.15, 0.2) is 0 Å². The number of benzene rings is 1. The first-order valence-corrected chi connectivity index (χ1v) is 5.10. The third-order valence-electron chi connectivity index (χ3n) is 2.21. The predicted octanol–water partition coefficient (Wildman–Crippen LogP) is 3.20. The Hall–Kier alpha value is -1.64. The molecule has 1 aromatic heterocycles. The molecule has 2 aromatic rings. The number of halogens is 1. The Kier molecular flexibility index (Phi) is 2.81. The Morgan fingerprint density at radius 1 is 1.27 bits per heavy atom. The Morgan fingerprint density at radius 3 is 2.87 bits per heavy atom. The monoisotopic (exact) mass is 204 g/mol. The number of nitrogens with zero attached hydrogens (tertiary/aromatic N) is 1. The largest absolute Gasteiger partial charge is 0.370 e. The number of hydrogen-bond donors (Lipinski definition) is 1. The van der Waals surface area contributed by atoms with Gasteiger partial charge >= 0.3 is 0 Å². The van der Waals surface area contributed by atoms with Crippen LogP contribution in [0.25, 0.3) is 10.9 Å². The molecule has 0 atom stereocenters. The van der Waals surface area contributed by atoms with Crippen molar-refractivity contribution in [3.8, 4) is 0 Å². The van der Waals surface area contributed by atoms with Crippen molar-refractivity contribution in [1.82, 2.24) is 4.98 Å². The van der Waals surface area contributed by atoms with Gasteiger partial charge in [-0.15, -0.1) is 0 Å². The number of hydrogen-bond acceptors (Lipinski definition) is 2. The first-order valence-electron chi connectivity index (χ1n) is 5.10. The summed E-state index contributed by atoms with van der Waals surface area (Å²) in [7, 11) is 0. The molecule has 3 heteroatoms. The molecule has 0 saturated heterocycles. The van der Waals surface area contributed by atoms with Gasteiger partial charge in [-0.3, -0.25) is 0 Å². The van der Waals surface area contributed by atoms with Gasteiger partial charge in [0.1, 0.15) is 11.6 Å². The van der Waals surface area contributed by atoms with Crippen molar-refractivity contribution < 1.29 is 4.39 Å². The Morgan fingerprint density at radius 2 is 2.07 bits per heavy atom. The van der Waals surface area contributed by atoms with Crippen LogP contribution in [-0.4, -0.2) is 11.5 Å². The second kappa shape index (κ2) is 4.26. The second-order valence-electron chi connectivity index (χ2n) is 3.46. The highest BCUT2D eigenvalue weighted by atomic mass is 19.1. The van der Waals surface area contributed by atoms with Crippen LogP contribution in [0.4, 0.5) is 10.2 Å². The molecular formula is C12H13FN2. The Labute approximate surface area is 88.1 Å². The predicted molar refractivity (Wildman–Crippen MR) is 60.5 cm³/mol. The van der Waals surface area contributed by atoms with Crippen molar-refractivity contribution in [2.75, 3.05) is 11.9 Å². The zero-order valence-electron chi connectivity index (χ0n) is 8.63. The molecular weight excluding hydrogens is 191 g/mol. The molecule has 78 valence electrons. The van der Waals surface area contributed by atoms with Crippen molar-refractivity contribution in [3.05, 3.63) is 36.1 Å². The molecule has 0 unspecified atom stereocenters. The minimum absolute atomic E-state index is 0.248. The summed E-state index contributed by atoms with van der Waals surface area (Å²) < 4.78 is 13.0. The van der Waals surface area contributed by atoms with Crippen LogP contribution in [-0.2, 0) is 0 Å². The molecule has 15 heavy (non-hydrogen) atoms. The number of nitrogens with one attached hydrogen (secondary N) is 1. The van der Waals surface area contributed by atoms with Crippen LogP contribution >= 0.6 is 0 Å². The van der Waals surface area contributed by atoms with Gasteiger partial charge in [0.2, 0.25) is 0 Å². The summed E-state index contributed by atoms with van der Waals surface area (Å²) in [5.74, 6) is 0.553. The summed E-state index contributed by atoms with van der Waals surface area (Å²) in [6, 6.07) is 8.49. The summed E-state index contributed by atoms with van der Waals surface area (Å²) in [6.45, 7) is 2.97. The van der Waals surface area contributed by atoms with Crippen LogP contribution in [0.2, 0.25) is 0 Å². The topological polar surface area (TPSA) is 24.9 Å². The SMILES string of the molecule is CCCNc1ccc2ccc(F)cc2n1. The first-order chi connectivity index (χ1) is 7.29. The summed E-state index contributed by atoms with van der Waals surface area (Å²) >= 11 is 0. The molecule has 2 rings (SSSR count). The van der Waals surface area contributed by atoms with E-state index >= 15 is 0 Å². The van der Waals surface area contributed by atoms with Crippen molar-refractivity contribution >= 4 is 16.7 Å². The number of pyridine rings is 1. The van der Waals surface area contributed by atoms with Gasteiger partial charge in [-0.2, -0.15) is 0 Å². The first kappa shape index (κ1) is 9.90. The fraction of sp³-hybridized carbons (Fsp3) is 0.250. The lowest BCUT2D eigenvalue weighted by molar-refractivity contribution is 0.629. The molecule has 0 spiro atoms. The molecule has 1 heterocycles.